The van der Waals surface area contributed by atoms with E-state index in [1.807, 2.05) is 19.3 Å². The summed E-state index contributed by atoms with van der Waals surface area (Å²) >= 11 is 1.66. The van der Waals surface area contributed by atoms with Gasteiger partial charge in [0.05, 0.1) is 0 Å². The van der Waals surface area contributed by atoms with Gasteiger partial charge in [0.2, 0.25) is 0 Å². The summed E-state index contributed by atoms with van der Waals surface area (Å²) in [5, 5.41) is 12.4. The number of hydrogen-bond acceptors (Lipinski definition) is 6. The topological polar surface area (TPSA) is 74.7 Å². The van der Waals surface area contributed by atoms with Gasteiger partial charge in [-0.25, -0.2) is 4.99 Å². The molecule has 5 nitrogen and oxygen atoms in total. The highest BCUT2D eigenvalue weighted by molar-refractivity contribution is 7.10. The molecule has 0 aromatic carbocycles. The second kappa shape index (κ2) is 5.57. The summed E-state index contributed by atoms with van der Waals surface area (Å²) in [5.74, 6) is 1.07. The Balaban J connectivity index is 1.66. The molecule has 2 aliphatic rings. The van der Waals surface area contributed by atoms with Crippen molar-refractivity contribution in [2.45, 2.75) is 43.9 Å². The number of rotatable bonds is 3. The zero-order valence-electron chi connectivity index (χ0n) is 13.9. The summed E-state index contributed by atoms with van der Waals surface area (Å²) < 4.78 is 0. The van der Waals surface area contributed by atoms with Gasteiger partial charge in [-0.1, -0.05) is 0 Å². The molecule has 0 amide bonds. The Bertz CT molecular complexity index is 798. The van der Waals surface area contributed by atoms with Gasteiger partial charge in [-0.15, -0.1) is 11.3 Å². The Labute approximate surface area is 145 Å². The molecule has 0 radical (unpaired) electrons. The van der Waals surface area contributed by atoms with Gasteiger partial charge in [-0.05, 0) is 54.3 Å². The van der Waals surface area contributed by atoms with E-state index in [2.05, 4.69) is 27.5 Å². The van der Waals surface area contributed by atoms with E-state index in [1.54, 1.807) is 23.3 Å². The van der Waals surface area contributed by atoms with Crippen molar-refractivity contribution in [3.8, 4) is 11.1 Å². The summed E-state index contributed by atoms with van der Waals surface area (Å²) in [5.41, 5.74) is 9.13. The Morgan fingerprint density at radius 2 is 2.08 bits per heavy atom. The molecule has 0 saturated heterocycles. The SMILES string of the molecule is CN1C(N)=N[C@](C)(c2cc(-c3cncc(C4CC4)c3)cs2)CC1O. The molecule has 6 heteroatoms. The van der Waals surface area contributed by atoms with Crippen molar-refractivity contribution in [3.63, 3.8) is 0 Å². The fraction of sp³-hybridized carbons (Fsp3) is 0.444. The van der Waals surface area contributed by atoms with E-state index in [9.17, 15) is 5.11 Å². The maximum atomic E-state index is 10.2. The van der Waals surface area contributed by atoms with Gasteiger partial charge >= 0.3 is 0 Å². The lowest BCUT2D eigenvalue weighted by Gasteiger charge is -2.37. The smallest absolute Gasteiger partial charge is 0.193 e. The molecule has 1 saturated carbocycles. The van der Waals surface area contributed by atoms with E-state index in [0.717, 1.165) is 16.0 Å². The average molecular weight is 342 g/mol. The third kappa shape index (κ3) is 2.70. The second-order valence-electron chi connectivity index (χ2n) is 7.02. The molecule has 1 aliphatic heterocycles. The third-order valence-electron chi connectivity index (χ3n) is 5.02. The van der Waals surface area contributed by atoms with Crippen LogP contribution in [-0.2, 0) is 5.54 Å². The van der Waals surface area contributed by atoms with Crippen LogP contribution < -0.4 is 5.73 Å². The first kappa shape index (κ1) is 15.6. The van der Waals surface area contributed by atoms with Crippen molar-refractivity contribution in [1.29, 1.82) is 0 Å². The van der Waals surface area contributed by atoms with Crippen LogP contribution in [0.1, 0.15) is 42.5 Å². The average Bonchev–Trinajstić information content (AvgIpc) is 3.29. The summed E-state index contributed by atoms with van der Waals surface area (Å²) in [4.78, 5) is 11.8. The van der Waals surface area contributed by atoms with Crippen LogP contribution in [0.3, 0.4) is 0 Å². The van der Waals surface area contributed by atoms with Crippen LogP contribution in [-0.4, -0.2) is 34.2 Å². The van der Waals surface area contributed by atoms with E-state index in [1.165, 1.54) is 18.4 Å². The predicted octanol–water partition coefficient (Wildman–Crippen LogP) is 2.87. The van der Waals surface area contributed by atoms with Crippen molar-refractivity contribution < 1.29 is 5.11 Å². The maximum Gasteiger partial charge on any atom is 0.193 e. The van der Waals surface area contributed by atoms with Crippen LogP contribution in [0, 0.1) is 0 Å². The molecular weight excluding hydrogens is 320 g/mol. The number of aliphatic imine (C=N–C) groups is 1. The van der Waals surface area contributed by atoms with E-state index >= 15 is 0 Å². The van der Waals surface area contributed by atoms with Crippen molar-refractivity contribution >= 4 is 17.3 Å². The van der Waals surface area contributed by atoms with Crippen LogP contribution in [0.5, 0.6) is 0 Å². The molecule has 2 aromatic rings. The van der Waals surface area contributed by atoms with E-state index in [-0.39, 0.29) is 0 Å². The number of pyridine rings is 1. The fourth-order valence-corrected chi connectivity index (χ4v) is 4.24. The van der Waals surface area contributed by atoms with Crippen molar-refractivity contribution in [2.75, 3.05) is 7.05 Å². The van der Waals surface area contributed by atoms with Crippen LogP contribution in [0.2, 0.25) is 0 Å². The summed E-state index contributed by atoms with van der Waals surface area (Å²) in [7, 11) is 1.76. The van der Waals surface area contributed by atoms with Crippen LogP contribution in [0.15, 0.2) is 34.9 Å². The standard InChI is InChI=1S/C18H22N4OS/c1-18(7-16(23)22(2)17(19)21-18)15-6-14(10-24-15)13-5-12(8-20-9-13)11-3-4-11/h5-6,8-11,16,23H,3-4,7H2,1-2H3,(H2,19,21)/t16?,18-/m0/s1. The molecule has 1 aliphatic carbocycles. The molecule has 1 unspecified atom stereocenters. The summed E-state index contributed by atoms with van der Waals surface area (Å²) in [6, 6.07) is 4.41. The number of guanidine groups is 1. The minimum absolute atomic E-state index is 0.378. The Morgan fingerprint density at radius 1 is 1.29 bits per heavy atom. The lowest BCUT2D eigenvalue weighted by atomic mass is 9.92. The lowest BCUT2D eigenvalue weighted by Crippen LogP contribution is -2.49. The highest BCUT2D eigenvalue weighted by Crippen LogP contribution is 2.42. The van der Waals surface area contributed by atoms with Gasteiger partial charge < -0.3 is 15.7 Å². The molecule has 2 aromatic heterocycles. The number of aliphatic hydroxyl groups is 1. The minimum Gasteiger partial charge on any atom is -0.373 e. The quantitative estimate of drug-likeness (QED) is 0.899. The predicted molar refractivity (Wildman–Crippen MR) is 96.9 cm³/mol. The van der Waals surface area contributed by atoms with Crippen molar-refractivity contribution in [1.82, 2.24) is 9.88 Å². The molecule has 1 fully saturated rings. The third-order valence-corrected chi connectivity index (χ3v) is 6.20. The Hall–Kier alpha value is -1.92. The zero-order valence-corrected chi connectivity index (χ0v) is 14.8. The Morgan fingerprint density at radius 3 is 2.79 bits per heavy atom. The van der Waals surface area contributed by atoms with Crippen LogP contribution in [0.4, 0.5) is 0 Å². The number of nitrogens with two attached hydrogens (primary N) is 1. The van der Waals surface area contributed by atoms with Gasteiger partial charge in [0, 0.05) is 36.3 Å². The van der Waals surface area contributed by atoms with Gasteiger partial charge in [-0.2, -0.15) is 0 Å². The number of aromatic nitrogens is 1. The fourth-order valence-electron chi connectivity index (χ4n) is 3.20. The molecule has 3 heterocycles. The van der Waals surface area contributed by atoms with Gasteiger partial charge in [0.1, 0.15) is 11.8 Å². The van der Waals surface area contributed by atoms with Crippen LogP contribution in [0.25, 0.3) is 11.1 Å². The highest BCUT2D eigenvalue weighted by Gasteiger charge is 2.37. The Kier molecular flexibility index (Phi) is 3.62. The maximum absolute atomic E-state index is 10.2. The second-order valence-corrected chi connectivity index (χ2v) is 7.93. The molecule has 126 valence electrons. The van der Waals surface area contributed by atoms with Gasteiger partial charge in [0.15, 0.2) is 5.96 Å². The van der Waals surface area contributed by atoms with E-state index in [0.29, 0.717) is 18.3 Å². The lowest BCUT2D eigenvalue weighted by molar-refractivity contribution is 0.0298. The van der Waals surface area contributed by atoms with Crippen molar-refractivity contribution in [3.05, 3.63) is 40.3 Å². The number of aliphatic hydroxyl groups excluding tert-OH is 1. The molecule has 24 heavy (non-hydrogen) atoms. The van der Waals surface area contributed by atoms with Crippen LogP contribution >= 0.6 is 11.3 Å². The molecule has 2 atom stereocenters. The molecular formula is C18H22N4OS. The summed E-state index contributed by atoms with van der Waals surface area (Å²) in [6.45, 7) is 2.03. The molecule has 4 rings (SSSR count). The summed E-state index contributed by atoms with van der Waals surface area (Å²) in [6.07, 6.45) is 6.37. The normalized spacial score (nSPS) is 27.2. The first-order valence-corrected chi connectivity index (χ1v) is 9.15. The van der Waals surface area contributed by atoms with Crippen molar-refractivity contribution in [2.24, 2.45) is 10.7 Å². The van der Waals surface area contributed by atoms with Gasteiger partial charge in [0.25, 0.3) is 0 Å². The first-order valence-electron chi connectivity index (χ1n) is 8.27. The largest absolute Gasteiger partial charge is 0.373 e. The number of hydrogen-bond donors (Lipinski definition) is 2. The number of thiophene rings is 1. The minimum atomic E-state index is -0.613. The monoisotopic (exact) mass is 342 g/mol. The molecule has 0 spiro atoms. The van der Waals surface area contributed by atoms with Gasteiger partial charge in [-0.3, -0.25) is 4.98 Å². The highest BCUT2D eigenvalue weighted by atomic mass is 32.1. The first-order chi connectivity index (χ1) is 11.5. The zero-order chi connectivity index (χ0) is 16.9. The number of nitrogens with zero attached hydrogens (tertiary/aromatic N) is 3. The van der Waals surface area contributed by atoms with E-state index < -0.39 is 11.8 Å². The van der Waals surface area contributed by atoms with E-state index in [4.69, 9.17) is 5.73 Å². The molecule has 3 N–H and O–H groups in total. The molecule has 0 bridgehead atoms.